The van der Waals surface area contributed by atoms with Gasteiger partial charge in [0.15, 0.2) is 0 Å². The molecule has 3 N–H and O–H groups in total. The van der Waals surface area contributed by atoms with Gasteiger partial charge in [0.05, 0.1) is 12.7 Å². The minimum Gasteiger partial charge on any atom is -0.394 e. The van der Waals surface area contributed by atoms with Crippen molar-refractivity contribution in [2.24, 2.45) is 0 Å². The van der Waals surface area contributed by atoms with Gasteiger partial charge in [0.1, 0.15) is 0 Å². The van der Waals surface area contributed by atoms with Crippen LogP contribution in [0.25, 0.3) is 6.08 Å². The highest BCUT2D eigenvalue weighted by Gasteiger charge is 2.03. The Balaban J connectivity index is 2.55. The molecule has 0 saturated heterocycles. The van der Waals surface area contributed by atoms with Crippen LogP contribution in [0.1, 0.15) is 5.56 Å². The average Bonchev–Trinajstić information content (AvgIpc) is 2.32. The van der Waals surface area contributed by atoms with Crippen LogP contribution in [-0.4, -0.2) is 35.4 Å². The minimum absolute atomic E-state index is 0.00399. The molecule has 0 aliphatic rings. The molecular weight excluding hydrogens is 277 g/mol. The van der Waals surface area contributed by atoms with Crippen LogP contribution in [-0.2, 0) is 4.79 Å². The van der Waals surface area contributed by atoms with E-state index in [1.165, 1.54) is 6.08 Å². The lowest BCUT2D eigenvalue weighted by Gasteiger charge is -2.06. The zero-order chi connectivity index (χ0) is 13.5. The molecule has 0 aliphatic heterocycles. The molecule has 1 amide bonds. The van der Waals surface area contributed by atoms with Gasteiger partial charge in [-0.15, -0.1) is 0 Å². The van der Waals surface area contributed by atoms with Crippen molar-refractivity contribution < 1.29 is 15.0 Å². The fourth-order valence-corrected chi connectivity index (χ4v) is 1.73. The third-order valence-electron chi connectivity index (χ3n) is 2.03. The zero-order valence-electron chi connectivity index (χ0n) is 9.44. The number of aliphatic hydroxyl groups is 2. The largest absolute Gasteiger partial charge is 0.394 e. The van der Waals surface area contributed by atoms with Gasteiger partial charge >= 0.3 is 0 Å². The van der Waals surface area contributed by atoms with Crippen LogP contribution in [0.4, 0.5) is 0 Å². The van der Waals surface area contributed by atoms with E-state index >= 15 is 0 Å². The van der Waals surface area contributed by atoms with Crippen molar-refractivity contribution >= 4 is 35.2 Å². The summed E-state index contributed by atoms with van der Waals surface area (Å²) in [6.45, 7) is -0.399. The minimum atomic E-state index is -0.956. The number of aliphatic hydroxyl groups excluding tert-OH is 2. The van der Waals surface area contributed by atoms with Crippen LogP contribution in [0.5, 0.6) is 0 Å². The summed E-state index contributed by atoms with van der Waals surface area (Å²) in [6, 6.07) is 4.93. The SMILES string of the molecule is O=C(C=Cc1cc(Cl)cc(Cl)c1)NCC(O)CO. The highest BCUT2D eigenvalue weighted by Crippen LogP contribution is 2.19. The molecule has 0 fully saturated rings. The molecule has 6 heteroatoms. The molecule has 1 aromatic carbocycles. The van der Waals surface area contributed by atoms with E-state index in [1.807, 2.05) is 0 Å². The Bertz CT molecular complexity index is 429. The molecule has 0 heterocycles. The molecule has 18 heavy (non-hydrogen) atoms. The number of nitrogens with one attached hydrogen (secondary N) is 1. The quantitative estimate of drug-likeness (QED) is 0.719. The molecule has 98 valence electrons. The summed E-state index contributed by atoms with van der Waals surface area (Å²) in [7, 11) is 0. The van der Waals surface area contributed by atoms with Gasteiger partial charge in [0.2, 0.25) is 5.91 Å². The van der Waals surface area contributed by atoms with E-state index in [1.54, 1.807) is 24.3 Å². The summed E-state index contributed by atoms with van der Waals surface area (Å²) >= 11 is 11.6. The lowest BCUT2D eigenvalue weighted by Crippen LogP contribution is -2.32. The first-order valence-electron chi connectivity index (χ1n) is 5.22. The Kier molecular flexibility index (Phi) is 6.15. The molecular formula is C12H13Cl2NO3. The van der Waals surface area contributed by atoms with E-state index in [9.17, 15) is 4.79 Å². The summed E-state index contributed by atoms with van der Waals surface area (Å²) in [5, 5.41) is 21.0. The third-order valence-corrected chi connectivity index (χ3v) is 2.47. The number of carbonyl (C=O) groups is 1. The number of halogens is 2. The van der Waals surface area contributed by atoms with Crippen molar-refractivity contribution in [3.8, 4) is 0 Å². The van der Waals surface area contributed by atoms with Gasteiger partial charge in [-0.25, -0.2) is 0 Å². The monoisotopic (exact) mass is 289 g/mol. The number of hydrogen-bond acceptors (Lipinski definition) is 3. The predicted molar refractivity (Wildman–Crippen MR) is 71.6 cm³/mol. The van der Waals surface area contributed by atoms with E-state index < -0.39 is 12.7 Å². The molecule has 1 atom stereocenters. The first kappa shape index (κ1) is 15.0. The number of benzene rings is 1. The highest BCUT2D eigenvalue weighted by molar-refractivity contribution is 6.34. The van der Waals surface area contributed by atoms with Crippen LogP contribution in [0.15, 0.2) is 24.3 Å². The third kappa shape index (κ3) is 5.51. The van der Waals surface area contributed by atoms with E-state index in [2.05, 4.69) is 5.32 Å². The standard InChI is InChI=1S/C12H13Cl2NO3/c13-9-3-8(4-10(14)5-9)1-2-12(18)15-6-11(17)7-16/h1-5,11,16-17H,6-7H2,(H,15,18). The summed E-state index contributed by atoms with van der Waals surface area (Å²) in [4.78, 5) is 11.3. The molecule has 4 nitrogen and oxygen atoms in total. The number of hydrogen-bond donors (Lipinski definition) is 3. The Morgan fingerprint density at radius 2 is 1.94 bits per heavy atom. The van der Waals surface area contributed by atoms with Gasteiger partial charge in [-0.05, 0) is 29.8 Å². The topological polar surface area (TPSA) is 69.6 Å². The molecule has 0 spiro atoms. The maximum Gasteiger partial charge on any atom is 0.244 e. The maximum absolute atomic E-state index is 11.3. The second-order valence-electron chi connectivity index (χ2n) is 3.62. The number of rotatable bonds is 5. The van der Waals surface area contributed by atoms with Crippen molar-refractivity contribution in [3.05, 3.63) is 39.9 Å². The van der Waals surface area contributed by atoms with Gasteiger partial charge < -0.3 is 15.5 Å². The maximum atomic E-state index is 11.3. The van der Waals surface area contributed by atoms with Crippen molar-refractivity contribution in [1.29, 1.82) is 0 Å². The van der Waals surface area contributed by atoms with Gasteiger partial charge in [0, 0.05) is 22.7 Å². The van der Waals surface area contributed by atoms with E-state index in [4.69, 9.17) is 33.4 Å². The van der Waals surface area contributed by atoms with Crippen LogP contribution in [0.3, 0.4) is 0 Å². The zero-order valence-corrected chi connectivity index (χ0v) is 10.9. The van der Waals surface area contributed by atoms with E-state index in [0.29, 0.717) is 15.6 Å². The predicted octanol–water partition coefficient (Wildman–Crippen LogP) is 1.48. The molecule has 1 unspecified atom stereocenters. The lowest BCUT2D eigenvalue weighted by molar-refractivity contribution is -0.117. The Morgan fingerprint density at radius 1 is 1.33 bits per heavy atom. The fourth-order valence-electron chi connectivity index (χ4n) is 1.19. The molecule has 0 aliphatic carbocycles. The van der Waals surface area contributed by atoms with Crippen molar-refractivity contribution in [2.45, 2.75) is 6.10 Å². The van der Waals surface area contributed by atoms with Crippen molar-refractivity contribution in [1.82, 2.24) is 5.32 Å². The van der Waals surface area contributed by atoms with Crippen molar-refractivity contribution in [3.63, 3.8) is 0 Å². The summed E-state index contributed by atoms with van der Waals surface area (Å²) in [6.07, 6.45) is 1.90. The van der Waals surface area contributed by atoms with Crippen molar-refractivity contribution in [2.75, 3.05) is 13.2 Å². The Morgan fingerprint density at radius 3 is 2.50 bits per heavy atom. The molecule has 0 aromatic heterocycles. The van der Waals surface area contributed by atoms with Gasteiger partial charge in [-0.2, -0.15) is 0 Å². The number of carbonyl (C=O) groups excluding carboxylic acids is 1. The Hall–Kier alpha value is -1.07. The molecule has 0 bridgehead atoms. The fraction of sp³-hybridized carbons (Fsp3) is 0.250. The van der Waals surface area contributed by atoms with Gasteiger partial charge in [-0.3, -0.25) is 4.79 Å². The first-order chi connectivity index (χ1) is 8.51. The second-order valence-corrected chi connectivity index (χ2v) is 4.49. The van der Waals surface area contributed by atoms with E-state index in [-0.39, 0.29) is 12.5 Å². The molecule has 0 saturated carbocycles. The molecule has 1 rings (SSSR count). The summed E-state index contributed by atoms with van der Waals surface area (Å²) in [5.74, 6) is -0.376. The summed E-state index contributed by atoms with van der Waals surface area (Å²) < 4.78 is 0. The smallest absolute Gasteiger partial charge is 0.244 e. The number of amides is 1. The summed E-state index contributed by atoms with van der Waals surface area (Å²) in [5.41, 5.74) is 0.699. The molecule has 0 radical (unpaired) electrons. The van der Waals surface area contributed by atoms with Crippen LogP contribution in [0.2, 0.25) is 10.0 Å². The van der Waals surface area contributed by atoms with Gasteiger partial charge in [0.25, 0.3) is 0 Å². The van der Waals surface area contributed by atoms with Crippen LogP contribution in [0, 0.1) is 0 Å². The van der Waals surface area contributed by atoms with Crippen LogP contribution >= 0.6 is 23.2 Å². The average molecular weight is 290 g/mol. The van der Waals surface area contributed by atoms with Crippen LogP contribution < -0.4 is 5.32 Å². The highest BCUT2D eigenvalue weighted by atomic mass is 35.5. The van der Waals surface area contributed by atoms with E-state index in [0.717, 1.165) is 0 Å². The molecule has 1 aromatic rings. The lowest BCUT2D eigenvalue weighted by atomic mass is 10.2. The normalized spacial score (nSPS) is 12.7. The Labute approximate surface area is 115 Å². The van der Waals surface area contributed by atoms with Gasteiger partial charge in [-0.1, -0.05) is 23.2 Å². The first-order valence-corrected chi connectivity index (χ1v) is 5.98. The second kappa shape index (κ2) is 7.38.